The number of benzene rings is 2. The lowest BCUT2D eigenvalue weighted by Gasteiger charge is -2.26. The predicted octanol–water partition coefficient (Wildman–Crippen LogP) is 2.75. The molecule has 0 aliphatic carbocycles. The average molecular weight is 522 g/mol. The van der Waals surface area contributed by atoms with Crippen molar-refractivity contribution in [1.29, 1.82) is 0 Å². The highest BCUT2D eigenvalue weighted by Gasteiger charge is 2.26. The van der Waals surface area contributed by atoms with Gasteiger partial charge in [0.1, 0.15) is 5.75 Å². The van der Waals surface area contributed by atoms with Crippen molar-refractivity contribution in [2.24, 2.45) is 0 Å². The molecule has 35 heavy (non-hydrogen) atoms. The van der Waals surface area contributed by atoms with E-state index in [0.717, 1.165) is 0 Å². The van der Waals surface area contributed by atoms with Gasteiger partial charge in [-0.05, 0) is 36.4 Å². The molecule has 3 aromatic rings. The summed E-state index contributed by atoms with van der Waals surface area (Å²) < 4.78 is 38.8. The Kier molecular flexibility index (Phi) is 7.31. The summed E-state index contributed by atoms with van der Waals surface area (Å²) in [5.41, 5.74) is 0.347. The molecule has 2 heterocycles. The van der Waals surface area contributed by atoms with Crippen LogP contribution in [0.5, 0.6) is 5.75 Å². The van der Waals surface area contributed by atoms with Crippen LogP contribution in [-0.4, -0.2) is 59.6 Å². The number of hydrogen-bond acceptors (Lipinski definition) is 8. The molecule has 1 aromatic heterocycles. The summed E-state index contributed by atoms with van der Waals surface area (Å²) in [6, 6.07) is 11.2. The van der Waals surface area contributed by atoms with E-state index in [-0.39, 0.29) is 33.8 Å². The van der Waals surface area contributed by atoms with Crippen molar-refractivity contribution < 1.29 is 27.6 Å². The molecule has 1 amide bonds. The number of morpholine rings is 1. The molecular weight excluding hydrogens is 502 g/mol. The lowest BCUT2D eigenvalue weighted by atomic mass is 10.3. The molecule has 12 nitrogen and oxygen atoms in total. The SMILES string of the molecule is O=C(Nc1ccc(S(=O)(=O)N2CCOCC2)cc1)c1ccn(COc2ccc([N+](=O)[O-])cc2Cl)n1. The largest absolute Gasteiger partial charge is 0.470 e. The summed E-state index contributed by atoms with van der Waals surface area (Å²) in [6.07, 6.45) is 1.52. The first-order valence-corrected chi connectivity index (χ1v) is 12.2. The maximum Gasteiger partial charge on any atom is 0.276 e. The molecule has 0 saturated carbocycles. The Bertz CT molecular complexity index is 1340. The molecule has 1 N–H and O–H groups in total. The van der Waals surface area contributed by atoms with E-state index in [2.05, 4.69) is 10.4 Å². The van der Waals surface area contributed by atoms with Crippen molar-refractivity contribution >= 4 is 38.9 Å². The molecule has 4 rings (SSSR count). The maximum atomic E-state index is 12.7. The number of halogens is 1. The maximum absolute atomic E-state index is 12.7. The first-order chi connectivity index (χ1) is 16.7. The monoisotopic (exact) mass is 521 g/mol. The van der Waals surface area contributed by atoms with E-state index in [9.17, 15) is 23.3 Å². The van der Waals surface area contributed by atoms with Crippen LogP contribution >= 0.6 is 11.6 Å². The van der Waals surface area contributed by atoms with Crippen LogP contribution in [0.3, 0.4) is 0 Å². The van der Waals surface area contributed by atoms with Gasteiger partial charge in [0.05, 0.1) is 28.1 Å². The minimum atomic E-state index is -3.63. The Morgan fingerprint density at radius 1 is 1.17 bits per heavy atom. The highest BCUT2D eigenvalue weighted by molar-refractivity contribution is 7.89. The molecule has 0 atom stereocenters. The number of nitro benzene ring substituents is 1. The molecular formula is C21H20ClN5O7S. The quantitative estimate of drug-likeness (QED) is 0.351. The molecule has 1 saturated heterocycles. The van der Waals surface area contributed by atoms with Crippen molar-refractivity contribution in [3.63, 3.8) is 0 Å². The molecule has 1 aliphatic heterocycles. The smallest absolute Gasteiger partial charge is 0.276 e. The van der Waals surface area contributed by atoms with Gasteiger partial charge in [0, 0.05) is 37.1 Å². The van der Waals surface area contributed by atoms with Gasteiger partial charge in [-0.1, -0.05) is 11.6 Å². The number of carbonyl (C=O) groups excluding carboxylic acids is 1. The van der Waals surface area contributed by atoms with E-state index in [1.807, 2.05) is 0 Å². The van der Waals surface area contributed by atoms with Crippen LogP contribution in [0.25, 0.3) is 0 Å². The van der Waals surface area contributed by atoms with Gasteiger partial charge in [-0.3, -0.25) is 14.9 Å². The summed E-state index contributed by atoms with van der Waals surface area (Å²) in [4.78, 5) is 22.9. The van der Waals surface area contributed by atoms with Crippen LogP contribution in [0.1, 0.15) is 10.5 Å². The van der Waals surface area contributed by atoms with Crippen LogP contribution in [0, 0.1) is 10.1 Å². The van der Waals surface area contributed by atoms with Crippen molar-refractivity contribution in [1.82, 2.24) is 14.1 Å². The van der Waals surface area contributed by atoms with E-state index in [1.54, 1.807) is 0 Å². The molecule has 1 fully saturated rings. The number of non-ortho nitro benzene ring substituents is 1. The minimum Gasteiger partial charge on any atom is -0.470 e. The van der Waals surface area contributed by atoms with Gasteiger partial charge in [-0.25, -0.2) is 13.1 Å². The van der Waals surface area contributed by atoms with Crippen molar-refractivity contribution in [2.75, 3.05) is 31.6 Å². The number of amides is 1. The van der Waals surface area contributed by atoms with E-state index in [0.29, 0.717) is 32.0 Å². The second kappa shape index (κ2) is 10.4. The first kappa shape index (κ1) is 24.6. The number of carbonyl (C=O) groups is 1. The zero-order valence-corrected chi connectivity index (χ0v) is 19.7. The van der Waals surface area contributed by atoms with Gasteiger partial charge in [0.15, 0.2) is 12.4 Å². The third kappa shape index (κ3) is 5.77. The summed E-state index contributed by atoms with van der Waals surface area (Å²) >= 11 is 6.00. The van der Waals surface area contributed by atoms with E-state index >= 15 is 0 Å². The zero-order valence-electron chi connectivity index (χ0n) is 18.2. The Hall–Kier alpha value is -3.52. The van der Waals surface area contributed by atoms with Crippen LogP contribution in [0.2, 0.25) is 5.02 Å². The molecule has 184 valence electrons. The highest BCUT2D eigenvalue weighted by atomic mass is 35.5. The number of ether oxygens (including phenoxy) is 2. The first-order valence-electron chi connectivity index (χ1n) is 10.3. The Labute approximate surface area is 205 Å². The summed E-state index contributed by atoms with van der Waals surface area (Å²) in [7, 11) is -3.63. The standard InChI is InChI=1S/C21H20ClN5O7S/c22-18-13-16(27(29)30)3-6-20(18)34-14-25-8-7-19(24-25)21(28)23-15-1-4-17(5-2-15)35(31,32)26-9-11-33-12-10-26/h1-8,13H,9-12,14H2,(H,23,28). The Morgan fingerprint density at radius 3 is 2.54 bits per heavy atom. The molecule has 2 aromatic carbocycles. The fourth-order valence-electron chi connectivity index (χ4n) is 3.25. The summed E-state index contributed by atoms with van der Waals surface area (Å²) in [5.74, 6) is -0.271. The van der Waals surface area contributed by atoms with Crippen LogP contribution in [-0.2, 0) is 21.5 Å². The summed E-state index contributed by atoms with van der Waals surface area (Å²) in [5, 5.41) is 17.7. The van der Waals surface area contributed by atoms with Gasteiger partial charge in [0.2, 0.25) is 10.0 Å². The van der Waals surface area contributed by atoms with Crippen LogP contribution in [0.4, 0.5) is 11.4 Å². The molecule has 0 bridgehead atoms. The van der Waals surface area contributed by atoms with Crippen molar-refractivity contribution in [3.8, 4) is 5.75 Å². The van der Waals surface area contributed by atoms with Gasteiger partial charge in [-0.15, -0.1) is 0 Å². The topological polar surface area (TPSA) is 146 Å². The molecule has 0 spiro atoms. The van der Waals surface area contributed by atoms with E-state index in [4.69, 9.17) is 21.1 Å². The minimum absolute atomic E-state index is 0.0726. The number of sulfonamides is 1. The molecule has 0 radical (unpaired) electrons. The average Bonchev–Trinajstić information content (AvgIpc) is 3.33. The van der Waals surface area contributed by atoms with E-state index in [1.165, 1.54) is 63.7 Å². The number of nitrogens with one attached hydrogen (secondary N) is 1. The highest BCUT2D eigenvalue weighted by Crippen LogP contribution is 2.28. The van der Waals surface area contributed by atoms with Gasteiger partial charge >= 0.3 is 0 Å². The summed E-state index contributed by atoms with van der Waals surface area (Å²) in [6.45, 7) is 1.21. The fourth-order valence-corrected chi connectivity index (χ4v) is 4.89. The number of nitrogens with zero attached hydrogens (tertiary/aromatic N) is 4. The van der Waals surface area contributed by atoms with Gasteiger partial charge < -0.3 is 14.8 Å². The van der Waals surface area contributed by atoms with Crippen LogP contribution in [0.15, 0.2) is 59.6 Å². The third-order valence-corrected chi connectivity index (χ3v) is 7.28. The second-order valence-corrected chi connectivity index (χ2v) is 9.73. The predicted molar refractivity (Wildman–Crippen MR) is 125 cm³/mol. The second-order valence-electron chi connectivity index (χ2n) is 7.38. The Balaban J connectivity index is 1.35. The fraction of sp³-hybridized carbons (Fsp3) is 0.238. The lowest BCUT2D eigenvalue weighted by Crippen LogP contribution is -2.40. The lowest BCUT2D eigenvalue weighted by molar-refractivity contribution is -0.384. The number of aromatic nitrogens is 2. The number of nitro groups is 1. The van der Waals surface area contributed by atoms with E-state index < -0.39 is 20.9 Å². The van der Waals surface area contributed by atoms with Gasteiger partial charge in [-0.2, -0.15) is 9.40 Å². The third-order valence-electron chi connectivity index (χ3n) is 5.07. The zero-order chi connectivity index (χ0) is 25.0. The normalized spacial score (nSPS) is 14.4. The van der Waals surface area contributed by atoms with Gasteiger partial charge in [0.25, 0.3) is 11.6 Å². The molecule has 1 aliphatic rings. The van der Waals surface area contributed by atoms with Crippen molar-refractivity contribution in [2.45, 2.75) is 11.6 Å². The number of hydrogen-bond donors (Lipinski definition) is 1. The molecule has 14 heteroatoms. The van der Waals surface area contributed by atoms with Crippen molar-refractivity contribution in [3.05, 3.63) is 75.6 Å². The van der Waals surface area contributed by atoms with Crippen LogP contribution < -0.4 is 10.1 Å². The Morgan fingerprint density at radius 2 is 1.89 bits per heavy atom. The molecule has 0 unspecified atom stereocenters. The number of rotatable bonds is 8. The number of anilines is 1.